The van der Waals surface area contributed by atoms with Gasteiger partial charge in [-0.05, 0) is 32.0 Å². The monoisotopic (exact) mass is 397 g/mol. The Balaban J connectivity index is 1.75. The molecule has 0 saturated carbocycles. The van der Waals surface area contributed by atoms with Crippen LogP contribution in [0.15, 0.2) is 23.1 Å². The molecule has 0 unspecified atom stereocenters. The van der Waals surface area contributed by atoms with Gasteiger partial charge in [-0.15, -0.1) is 0 Å². The second kappa shape index (κ2) is 7.69. The van der Waals surface area contributed by atoms with Crippen LogP contribution in [0, 0.1) is 10.1 Å². The summed E-state index contributed by atoms with van der Waals surface area (Å²) in [5, 5.41) is 11.5. The van der Waals surface area contributed by atoms with Crippen molar-refractivity contribution in [3.05, 3.63) is 28.3 Å². The topological polar surface area (TPSA) is 116 Å². The standard InChI is InChI=1S/C16H23N5O5S/c1-17-27(25,26)13-4-5-14(15(12-13)21(23)24)18-8-10-20(11-9-18)16(22)19-6-2-3-7-19/h4-5,12,17H,2-3,6-11H2,1H3. The van der Waals surface area contributed by atoms with Crippen molar-refractivity contribution in [2.24, 2.45) is 0 Å². The van der Waals surface area contributed by atoms with E-state index in [1.54, 1.807) is 4.90 Å². The van der Waals surface area contributed by atoms with Crippen molar-refractivity contribution in [1.29, 1.82) is 0 Å². The number of amides is 2. The first-order valence-electron chi connectivity index (χ1n) is 8.84. The van der Waals surface area contributed by atoms with Crippen LogP contribution in [-0.2, 0) is 10.0 Å². The van der Waals surface area contributed by atoms with Gasteiger partial charge in [0.1, 0.15) is 5.69 Å². The molecule has 0 atom stereocenters. The first-order valence-corrected chi connectivity index (χ1v) is 10.3. The lowest BCUT2D eigenvalue weighted by Crippen LogP contribution is -2.52. The zero-order valence-corrected chi connectivity index (χ0v) is 15.9. The van der Waals surface area contributed by atoms with Crippen molar-refractivity contribution < 1.29 is 18.1 Å². The van der Waals surface area contributed by atoms with Gasteiger partial charge in [0.25, 0.3) is 5.69 Å². The molecule has 2 aliphatic rings. The van der Waals surface area contributed by atoms with E-state index in [0.717, 1.165) is 32.0 Å². The lowest BCUT2D eigenvalue weighted by atomic mass is 10.2. The second-order valence-electron chi connectivity index (χ2n) is 6.57. The number of nitrogens with one attached hydrogen (secondary N) is 1. The van der Waals surface area contributed by atoms with Crippen LogP contribution in [0.25, 0.3) is 0 Å². The number of carbonyl (C=O) groups excluding carboxylic acids is 1. The summed E-state index contributed by atoms with van der Waals surface area (Å²) in [5.74, 6) is 0. The predicted octanol–water partition coefficient (Wildman–Crippen LogP) is 0.841. The van der Waals surface area contributed by atoms with Crippen LogP contribution in [0.2, 0.25) is 0 Å². The third-order valence-corrected chi connectivity index (χ3v) is 6.40. The lowest BCUT2D eigenvalue weighted by molar-refractivity contribution is -0.384. The summed E-state index contributed by atoms with van der Waals surface area (Å²) in [6.07, 6.45) is 2.06. The van der Waals surface area contributed by atoms with E-state index in [9.17, 15) is 23.3 Å². The highest BCUT2D eigenvalue weighted by Gasteiger charge is 2.30. The Kier molecular flexibility index (Phi) is 5.51. The van der Waals surface area contributed by atoms with Crippen molar-refractivity contribution in [3.8, 4) is 0 Å². The first kappa shape index (κ1) is 19.4. The fraction of sp³-hybridized carbons (Fsp3) is 0.562. The van der Waals surface area contributed by atoms with Gasteiger partial charge in [0.15, 0.2) is 0 Å². The van der Waals surface area contributed by atoms with Crippen molar-refractivity contribution in [2.45, 2.75) is 17.7 Å². The summed E-state index contributed by atoms with van der Waals surface area (Å²) in [5.41, 5.74) is 0.106. The maximum Gasteiger partial charge on any atom is 0.320 e. The number of nitro benzene ring substituents is 1. The van der Waals surface area contributed by atoms with Gasteiger partial charge >= 0.3 is 6.03 Å². The van der Waals surface area contributed by atoms with E-state index < -0.39 is 14.9 Å². The Morgan fingerprint density at radius 1 is 1.07 bits per heavy atom. The highest BCUT2D eigenvalue weighted by molar-refractivity contribution is 7.89. The van der Waals surface area contributed by atoms with Gasteiger partial charge in [0, 0.05) is 45.3 Å². The summed E-state index contributed by atoms with van der Waals surface area (Å²) in [7, 11) is -2.51. The van der Waals surface area contributed by atoms with Crippen LogP contribution >= 0.6 is 0 Å². The Morgan fingerprint density at radius 2 is 1.67 bits per heavy atom. The molecule has 0 bridgehead atoms. The third kappa shape index (κ3) is 3.98. The van der Waals surface area contributed by atoms with Crippen molar-refractivity contribution >= 4 is 27.4 Å². The van der Waals surface area contributed by atoms with Gasteiger partial charge in [-0.25, -0.2) is 17.9 Å². The highest BCUT2D eigenvalue weighted by atomic mass is 32.2. The number of hydrogen-bond donors (Lipinski definition) is 1. The molecule has 1 aromatic carbocycles. The molecule has 2 amide bonds. The lowest BCUT2D eigenvalue weighted by Gasteiger charge is -2.37. The summed E-state index contributed by atoms with van der Waals surface area (Å²) in [4.78, 5) is 28.6. The van der Waals surface area contributed by atoms with Gasteiger partial charge in [-0.3, -0.25) is 10.1 Å². The van der Waals surface area contributed by atoms with E-state index in [1.807, 2.05) is 9.80 Å². The van der Waals surface area contributed by atoms with Gasteiger partial charge in [-0.1, -0.05) is 0 Å². The average Bonchev–Trinajstić information content (AvgIpc) is 3.22. The van der Waals surface area contributed by atoms with Crippen LogP contribution in [0.3, 0.4) is 0 Å². The smallest absolute Gasteiger partial charge is 0.320 e. The molecule has 0 radical (unpaired) electrons. The zero-order valence-electron chi connectivity index (χ0n) is 15.1. The second-order valence-corrected chi connectivity index (χ2v) is 8.45. The quantitative estimate of drug-likeness (QED) is 0.594. The molecule has 148 valence electrons. The summed E-state index contributed by atoms with van der Waals surface area (Å²) in [6.45, 7) is 3.43. The summed E-state index contributed by atoms with van der Waals surface area (Å²) < 4.78 is 26.0. The van der Waals surface area contributed by atoms with Crippen molar-refractivity contribution in [1.82, 2.24) is 14.5 Å². The number of nitrogens with zero attached hydrogens (tertiary/aromatic N) is 4. The van der Waals surface area contributed by atoms with E-state index in [0.29, 0.717) is 31.9 Å². The molecule has 1 N–H and O–H groups in total. The van der Waals surface area contributed by atoms with Gasteiger partial charge in [-0.2, -0.15) is 0 Å². The molecule has 10 nitrogen and oxygen atoms in total. The molecule has 0 aliphatic carbocycles. The molecule has 27 heavy (non-hydrogen) atoms. The molecule has 2 aliphatic heterocycles. The maximum absolute atomic E-state index is 12.5. The molecule has 2 heterocycles. The Bertz CT molecular complexity index is 830. The SMILES string of the molecule is CNS(=O)(=O)c1ccc(N2CCN(C(=O)N3CCCC3)CC2)c([N+](=O)[O-])c1. The molecule has 2 fully saturated rings. The van der Waals surface area contributed by atoms with E-state index in [4.69, 9.17) is 0 Å². The molecular formula is C16H23N5O5S. The molecule has 11 heteroatoms. The fourth-order valence-electron chi connectivity index (χ4n) is 3.45. The van der Waals surface area contributed by atoms with Crippen LogP contribution in [0.5, 0.6) is 0 Å². The van der Waals surface area contributed by atoms with E-state index in [-0.39, 0.29) is 16.6 Å². The number of sulfonamides is 1. The van der Waals surface area contributed by atoms with Gasteiger partial charge in [0.2, 0.25) is 10.0 Å². The Labute approximate surface area is 157 Å². The number of anilines is 1. The van der Waals surface area contributed by atoms with E-state index in [1.165, 1.54) is 19.2 Å². The van der Waals surface area contributed by atoms with Crippen LogP contribution in [0.4, 0.5) is 16.2 Å². The Hall–Kier alpha value is -2.40. The minimum Gasteiger partial charge on any atom is -0.362 e. The van der Waals surface area contributed by atoms with Crippen molar-refractivity contribution in [2.75, 3.05) is 51.2 Å². The van der Waals surface area contributed by atoms with E-state index >= 15 is 0 Å². The number of benzene rings is 1. The summed E-state index contributed by atoms with van der Waals surface area (Å²) in [6, 6.07) is 3.91. The van der Waals surface area contributed by atoms with Gasteiger partial charge < -0.3 is 14.7 Å². The van der Waals surface area contributed by atoms with Gasteiger partial charge in [0.05, 0.1) is 9.82 Å². The third-order valence-electron chi connectivity index (χ3n) is 4.99. The minimum absolute atomic E-state index is 0.0251. The van der Waals surface area contributed by atoms with E-state index in [2.05, 4.69) is 4.72 Å². The molecule has 0 spiro atoms. The molecule has 1 aromatic rings. The summed E-state index contributed by atoms with van der Waals surface area (Å²) >= 11 is 0. The number of nitro groups is 1. The fourth-order valence-corrected chi connectivity index (χ4v) is 4.20. The molecule has 2 saturated heterocycles. The number of hydrogen-bond acceptors (Lipinski definition) is 6. The normalized spacial score (nSPS) is 18.0. The first-order chi connectivity index (χ1) is 12.8. The number of piperazine rings is 1. The maximum atomic E-state index is 12.5. The molecular weight excluding hydrogens is 374 g/mol. The van der Waals surface area contributed by atoms with Crippen LogP contribution < -0.4 is 9.62 Å². The molecule has 3 rings (SSSR count). The number of likely N-dealkylation sites (tertiary alicyclic amines) is 1. The zero-order chi connectivity index (χ0) is 19.6. The predicted molar refractivity (Wildman–Crippen MR) is 99.3 cm³/mol. The number of carbonyl (C=O) groups is 1. The average molecular weight is 397 g/mol. The number of rotatable bonds is 4. The van der Waals surface area contributed by atoms with Crippen LogP contribution in [0.1, 0.15) is 12.8 Å². The largest absolute Gasteiger partial charge is 0.362 e. The number of urea groups is 1. The molecule has 0 aromatic heterocycles. The highest BCUT2D eigenvalue weighted by Crippen LogP contribution is 2.31. The minimum atomic E-state index is -3.76. The van der Waals surface area contributed by atoms with Crippen LogP contribution in [-0.4, -0.2) is 75.5 Å². The Morgan fingerprint density at radius 3 is 2.22 bits per heavy atom. The van der Waals surface area contributed by atoms with Crippen molar-refractivity contribution in [3.63, 3.8) is 0 Å².